The maximum atomic E-state index is 14.3. The van der Waals surface area contributed by atoms with Gasteiger partial charge >= 0.3 is 5.51 Å². The summed E-state index contributed by atoms with van der Waals surface area (Å²) in [4.78, 5) is 21.1. The second-order valence-corrected chi connectivity index (χ2v) is 23.8. The second-order valence-electron chi connectivity index (χ2n) is 19.1. The average molecular weight is 1010 g/mol. The number of alkyl halides is 5. The van der Waals surface area contributed by atoms with E-state index in [9.17, 15) is 43.6 Å². The molecular weight excluding hydrogens is 944 g/mol. The van der Waals surface area contributed by atoms with Crippen LogP contribution >= 0.6 is 11.8 Å². The number of hydrogen-bond donors (Lipinski definition) is 2. The van der Waals surface area contributed by atoms with Crippen LogP contribution in [0.15, 0.2) is 111 Å². The molecule has 2 fully saturated rings. The monoisotopic (exact) mass is 1010 g/mol. The van der Waals surface area contributed by atoms with E-state index in [0.717, 1.165) is 98.7 Å². The lowest BCUT2D eigenvalue weighted by atomic mass is 9.72. The van der Waals surface area contributed by atoms with Gasteiger partial charge in [0, 0.05) is 79.7 Å². The van der Waals surface area contributed by atoms with Crippen molar-refractivity contribution in [3.05, 3.63) is 102 Å². The number of halogens is 5. The molecule has 0 spiro atoms. The van der Waals surface area contributed by atoms with Crippen LogP contribution in [0, 0.1) is 5.41 Å². The number of piperazine rings is 1. The first kappa shape index (κ1) is 53.3. The Hall–Kier alpha value is -4.01. The molecule has 2 aliphatic heterocycles. The number of allylic oxidation sites excluding steroid dienone is 2. The number of carbonyl (C=O) groups excluding carboxylic acids is 1. The van der Waals surface area contributed by atoms with Gasteiger partial charge in [0.25, 0.3) is 25.8 Å². The molecule has 3 aromatic rings. The SMILES string of the molecule is C=C(CCC(F)F)C1=C(CN2CCN(c3ccc(C(=O)NS(=O)(=O)c4ccc(N[C@H](CCN5CCC(N(C)C)CC5)CSc5ccccc5)c(S(=O)(=O)C(F)(F)F)c4)cc3)CC2)CCC(C)(C)C1. The van der Waals surface area contributed by atoms with Gasteiger partial charge in [-0.3, -0.25) is 9.69 Å². The van der Waals surface area contributed by atoms with Gasteiger partial charge in [-0.05, 0) is 138 Å². The lowest BCUT2D eigenvalue weighted by Crippen LogP contribution is -2.47. The molecule has 11 nitrogen and oxygen atoms in total. The number of amides is 1. The highest BCUT2D eigenvalue weighted by Crippen LogP contribution is 2.43. The quantitative estimate of drug-likeness (QED) is 0.0833. The van der Waals surface area contributed by atoms with Crippen LogP contribution in [0.25, 0.3) is 0 Å². The molecule has 68 heavy (non-hydrogen) atoms. The molecule has 0 bridgehead atoms. The van der Waals surface area contributed by atoms with Crippen molar-refractivity contribution in [2.75, 3.05) is 82.4 Å². The summed E-state index contributed by atoms with van der Waals surface area (Å²) in [5.74, 6) is -0.676. The molecule has 3 aromatic carbocycles. The normalized spacial score (nSPS) is 18.5. The first-order valence-corrected chi connectivity index (χ1v) is 27.1. The largest absolute Gasteiger partial charge is 0.501 e. The second kappa shape index (κ2) is 22.8. The zero-order valence-electron chi connectivity index (χ0n) is 39.3. The Labute approximate surface area is 403 Å². The van der Waals surface area contributed by atoms with Crippen molar-refractivity contribution in [3.8, 4) is 0 Å². The number of carbonyl (C=O) groups is 1. The third-order valence-electron chi connectivity index (χ3n) is 13.3. The summed E-state index contributed by atoms with van der Waals surface area (Å²) in [6.07, 6.45) is 2.78. The smallest absolute Gasteiger partial charge is 0.380 e. The van der Waals surface area contributed by atoms with E-state index in [1.54, 1.807) is 12.1 Å². The van der Waals surface area contributed by atoms with Gasteiger partial charge in [0.2, 0.25) is 6.43 Å². The number of nitrogens with one attached hydrogen (secondary N) is 2. The average Bonchev–Trinajstić information content (AvgIpc) is 3.29. The Morgan fingerprint density at radius 3 is 2.18 bits per heavy atom. The fraction of sp³-hybridized carbons (Fsp3) is 0.531. The molecule has 0 unspecified atom stereocenters. The molecule has 1 atom stereocenters. The number of hydrogen-bond acceptors (Lipinski definition) is 11. The van der Waals surface area contributed by atoms with E-state index < -0.39 is 59.2 Å². The van der Waals surface area contributed by atoms with Crippen molar-refractivity contribution in [2.24, 2.45) is 5.41 Å². The van der Waals surface area contributed by atoms with Crippen molar-refractivity contribution < 1.29 is 43.6 Å². The molecule has 6 rings (SSSR count). The summed E-state index contributed by atoms with van der Waals surface area (Å²) in [5.41, 5.74) is -2.15. The molecule has 0 aromatic heterocycles. The predicted molar refractivity (Wildman–Crippen MR) is 261 cm³/mol. The highest BCUT2D eigenvalue weighted by Gasteiger charge is 2.48. The van der Waals surface area contributed by atoms with Crippen LogP contribution in [0.5, 0.6) is 0 Å². The zero-order valence-corrected chi connectivity index (χ0v) is 41.8. The molecular formula is C49H65F5N6O5S3. The number of sulfonamides is 1. The highest BCUT2D eigenvalue weighted by atomic mass is 32.2. The van der Waals surface area contributed by atoms with Crippen LogP contribution < -0.4 is 14.9 Å². The molecule has 1 aliphatic carbocycles. The van der Waals surface area contributed by atoms with Crippen LogP contribution in [0.4, 0.5) is 33.3 Å². The molecule has 1 amide bonds. The standard InChI is InChI=1S/C49H65F5N6O5S3/c1-35(11-18-46(50)51)43-32-48(2,3)23-19-37(43)33-59-27-29-60(30-28-59)40-14-12-36(13-15-40)47(61)56-68(64,65)42-16-17-44(45(31-42)67(62,63)49(52,53)54)55-38(34-66-41-9-7-6-8-10-41)20-24-58-25-21-39(22-26-58)57(4)5/h6-10,12-17,31,38-39,46,55H,1,11,18-30,32-34H2,2-5H3,(H,56,61)/t38-/m1/s1. The number of anilines is 2. The van der Waals surface area contributed by atoms with Crippen LogP contribution in [0.2, 0.25) is 0 Å². The summed E-state index contributed by atoms with van der Waals surface area (Å²) in [7, 11) is -6.86. The van der Waals surface area contributed by atoms with Crippen LogP contribution in [0.1, 0.15) is 75.6 Å². The Kier molecular flexibility index (Phi) is 17.9. The van der Waals surface area contributed by atoms with Gasteiger partial charge in [0.05, 0.1) is 10.6 Å². The maximum Gasteiger partial charge on any atom is 0.501 e. The summed E-state index contributed by atoms with van der Waals surface area (Å²) in [6, 6.07) is 18.0. The van der Waals surface area contributed by atoms with E-state index in [1.165, 1.54) is 29.5 Å². The van der Waals surface area contributed by atoms with Crippen molar-refractivity contribution >= 4 is 48.9 Å². The number of sulfone groups is 1. The molecule has 2 saturated heterocycles. The van der Waals surface area contributed by atoms with Gasteiger partial charge in [-0.25, -0.2) is 30.3 Å². The van der Waals surface area contributed by atoms with Gasteiger partial charge in [0.1, 0.15) is 4.90 Å². The fourth-order valence-corrected chi connectivity index (χ4v) is 12.1. The molecule has 2 N–H and O–H groups in total. The lowest BCUT2D eigenvalue weighted by Gasteiger charge is -2.39. The van der Waals surface area contributed by atoms with Crippen LogP contribution in [-0.2, 0) is 19.9 Å². The highest BCUT2D eigenvalue weighted by molar-refractivity contribution is 7.99. The third-order valence-corrected chi connectivity index (χ3v) is 17.3. The maximum absolute atomic E-state index is 14.3. The van der Waals surface area contributed by atoms with E-state index in [-0.39, 0.29) is 23.8 Å². The van der Waals surface area contributed by atoms with Gasteiger partial charge in [0.15, 0.2) is 0 Å². The zero-order chi connectivity index (χ0) is 49.4. The Balaban J connectivity index is 1.12. The van der Waals surface area contributed by atoms with E-state index in [1.807, 2.05) is 49.1 Å². The molecule has 374 valence electrons. The van der Waals surface area contributed by atoms with Gasteiger partial charge in [-0.2, -0.15) is 13.2 Å². The summed E-state index contributed by atoms with van der Waals surface area (Å²) in [5, 5.41) is 3.03. The topological polar surface area (TPSA) is 122 Å². The number of piperidine rings is 1. The summed E-state index contributed by atoms with van der Waals surface area (Å²) in [6.45, 7) is 14.4. The van der Waals surface area contributed by atoms with Crippen molar-refractivity contribution in [1.82, 2.24) is 19.4 Å². The number of thioether (sulfide) groups is 1. The molecule has 2 heterocycles. The van der Waals surface area contributed by atoms with Gasteiger partial charge in [-0.1, -0.05) is 49.8 Å². The fourth-order valence-electron chi connectivity index (χ4n) is 9.08. The number of likely N-dealkylation sites (tertiary alicyclic amines) is 1. The minimum Gasteiger partial charge on any atom is -0.380 e. The van der Waals surface area contributed by atoms with Crippen molar-refractivity contribution in [2.45, 2.75) is 104 Å². The first-order valence-electron chi connectivity index (χ1n) is 23.1. The van der Waals surface area contributed by atoms with Gasteiger partial charge < -0.3 is 20.0 Å². The molecule has 0 radical (unpaired) electrons. The first-order chi connectivity index (χ1) is 32.0. The van der Waals surface area contributed by atoms with E-state index in [0.29, 0.717) is 43.9 Å². The predicted octanol–water partition coefficient (Wildman–Crippen LogP) is 9.32. The van der Waals surface area contributed by atoms with E-state index >= 15 is 0 Å². The minimum absolute atomic E-state index is 0.0335. The number of rotatable bonds is 20. The molecule has 3 aliphatic rings. The van der Waals surface area contributed by atoms with Crippen molar-refractivity contribution in [1.29, 1.82) is 0 Å². The van der Waals surface area contributed by atoms with Crippen LogP contribution in [-0.4, -0.2) is 134 Å². The Morgan fingerprint density at radius 1 is 0.897 bits per heavy atom. The number of benzene rings is 3. The summed E-state index contributed by atoms with van der Waals surface area (Å²) < 4.78 is 124. The molecule has 19 heteroatoms. The van der Waals surface area contributed by atoms with Crippen LogP contribution in [0.3, 0.4) is 0 Å². The summed E-state index contributed by atoms with van der Waals surface area (Å²) >= 11 is 1.46. The third kappa shape index (κ3) is 14.3. The van der Waals surface area contributed by atoms with Gasteiger partial charge in [-0.15, -0.1) is 11.8 Å². The lowest BCUT2D eigenvalue weighted by molar-refractivity contribution is -0.0436. The van der Waals surface area contributed by atoms with E-state index in [4.69, 9.17) is 0 Å². The minimum atomic E-state index is -6.07. The number of nitrogens with zero attached hydrogens (tertiary/aromatic N) is 4. The molecule has 0 saturated carbocycles. The van der Waals surface area contributed by atoms with Crippen molar-refractivity contribution in [3.63, 3.8) is 0 Å². The Bertz CT molecular complexity index is 2460. The Morgan fingerprint density at radius 2 is 1.56 bits per heavy atom. The van der Waals surface area contributed by atoms with E-state index in [2.05, 4.69) is 45.3 Å².